The molecule has 130 valence electrons. The fraction of sp³-hybridized carbons (Fsp3) is 0.667. The minimum absolute atomic E-state index is 0.126. The Labute approximate surface area is 143 Å². The van der Waals surface area contributed by atoms with Gasteiger partial charge in [0.25, 0.3) is 0 Å². The Kier molecular flexibility index (Phi) is 5.46. The summed E-state index contributed by atoms with van der Waals surface area (Å²) in [4.78, 5) is 0. The zero-order valence-corrected chi connectivity index (χ0v) is 15.7. The summed E-state index contributed by atoms with van der Waals surface area (Å²) >= 11 is 0. The molecule has 0 amide bonds. The van der Waals surface area contributed by atoms with Gasteiger partial charge in [-0.1, -0.05) is 51.1 Å². The topological polar surface area (TPSA) is 29.5 Å². The second-order valence-corrected chi connectivity index (χ2v) is 12.8. The van der Waals surface area contributed by atoms with Crippen LogP contribution in [0, 0.1) is 5.92 Å². The van der Waals surface area contributed by atoms with E-state index in [-0.39, 0.29) is 25.7 Å². The van der Waals surface area contributed by atoms with E-state index in [2.05, 4.69) is 64.2 Å². The molecule has 2 rings (SSSR count). The van der Waals surface area contributed by atoms with E-state index in [9.17, 15) is 5.11 Å². The Morgan fingerprint density at radius 1 is 1.22 bits per heavy atom. The van der Waals surface area contributed by atoms with Crippen LogP contribution in [0.5, 0.6) is 0 Å². The third kappa shape index (κ3) is 4.47. The summed E-state index contributed by atoms with van der Waals surface area (Å²) in [6.45, 7) is 15.1. The summed E-state index contributed by atoms with van der Waals surface area (Å²) in [6.07, 6.45) is 0.238. The maximum atomic E-state index is 9.89. The van der Waals surface area contributed by atoms with Gasteiger partial charge in [0.2, 0.25) is 0 Å². The molecule has 0 unspecified atom stereocenters. The minimum atomic E-state index is -1.78. The van der Waals surface area contributed by atoms with Gasteiger partial charge in [0.05, 0.1) is 25.6 Å². The van der Waals surface area contributed by atoms with E-state index in [1.807, 2.05) is 0 Å². The van der Waals surface area contributed by atoms with Crippen LogP contribution in [0.1, 0.15) is 26.3 Å². The Morgan fingerprint density at radius 3 is 2.35 bits per heavy atom. The van der Waals surface area contributed by atoms with Gasteiger partial charge in [-0.15, -0.1) is 0 Å². The lowest BCUT2D eigenvalue weighted by Crippen LogP contribution is -2.48. The molecule has 23 heavy (non-hydrogen) atoms. The molecule has 0 spiro atoms. The predicted molar refractivity (Wildman–Crippen MR) is 103 cm³/mol. The standard InChI is InChI=1S/C18H34BNO2Si/c1-18(2,3)23(4,5)22-17-13-20(19,12-16(17)14-21)11-15-9-7-6-8-10-15/h6-10,16-17,21H,11-14H2,1-5,19H3/t16-,17-,20+/m0/s1. The van der Waals surface area contributed by atoms with Crippen molar-refractivity contribution in [1.29, 1.82) is 0 Å². The number of likely N-dealkylation sites (tertiary alicyclic amines) is 1. The van der Waals surface area contributed by atoms with Crippen LogP contribution in [0.2, 0.25) is 18.1 Å². The lowest BCUT2D eigenvalue weighted by molar-refractivity contribution is -0.820. The van der Waals surface area contributed by atoms with Crippen molar-refractivity contribution < 1.29 is 13.9 Å². The molecule has 0 radical (unpaired) electrons. The Morgan fingerprint density at radius 2 is 1.83 bits per heavy atom. The highest BCUT2D eigenvalue weighted by Crippen LogP contribution is 2.40. The predicted octanol–water partition coefficient (Wildman–Crippen LogP) is 2.30. The van der Waals surface area contributed by atoms with Gasteiger partial charge in [0, 0.05) is 12.1 Å². The van der Waals surface area contributed by atoms with Gasteiger partial charge >= 0.3 is 0 Å². The molecule has 3 nitrogen and oxygen atoms in total. The van der Waals surface area contributed by atoms with Gasteiger partial charge in [0.15, 0.2) is 16.3 Å². The highest BCUT2D eigenvalue weighted by molar-refractivity contribution is 6.74. The van der Waals surface area contributed by atoms with Crippen LogP contribution in [-0.4, -0.2) is 51.6 Å². The minimum Gasteiger partial charge on any atom is -0.516 e. The monoisotopic (exact) mass is 335 g/mol. The summed E-state index contributed by atoms with van der Waals surface area (Å²) < 4.78 is 7.91. The Hall–Kier alpha value is -0.618. The van der Waals surface area contributed by atoms with Crippen LogP contribution in [0.3, 0.4) is 0 Å². The largest absolute Gasteiger partial charge is 0.516 e. The van der Waals surface area contributed by atoms with E-state index in [1.165, 1.54) is 9.96 Å². The number of hydrogen-bond acceptors (Lipinski definition) is 2. The quantitative estimate of drug-likeness (QED) is 0.837. The van der Waals surface area contributed by atoms with Gasteiger partial charge in [-0.25, -0.2) is 0 Å². The van der Waals surface area contributed by atoms with Crippen molar-refractivity contribution in [2.24, 2.45) is 5.92 Å². The number of hydrogen-bond donors (Lipinski definition) is 1. The first kappa shape index (κ1) is 18.7. The second kappa shape index (κ2) is 6.71. The third-order valence-corrected chi connectivity index (χ3v) is 9.70. The van der Waals surface area contributed by atoms with E-state index >= 15 is 0 Å². The summed E-state index contributed by atoms with van der Waals surface area (Å²) in [5.41, 5.74) is 1.42. The van der Waals surface area contributed by atoms with Crippen molar-refractivity contribution in [2.45, 2.75) is 51.6 Å². The molecule has 1 aliphatic rings. The van der Waals surface area contributed by atoms with Crippen molar-refractivity contribution in [3.8, 4) is 0 Å². The molecule has 5 heteroatoms. The fourth-order valence-corrected chi connectivity index (χ4v) is 4.14. The molecular formula is C18H34BNO2Si. The van der Waals surface area contributed by atoms with Crippen LogP contribution < -0.4 is 0 Å². The van der Waals surface area contributed by atoms with Crippen LogP contribution in [0.25, 0.3) is 0 Å². The van der Waals surface area contributed by atoms with E-state index in [0.29, 0.717) is 5.92 Å². The summed E-state index contributed by atoms with van der Waals surface area (Å²) in [5.74, 6) is 0.310. The first-order valence-electron chi connectivity index (χ1n) is 8.28. The Balaban J connectivity index is 2.11. The zero-order chi connectivity index (χ0) is 17.3. The molecule has 1 heterocycles. The average molecular weight is 335 g/mol. The van der Waals surface area contributed by atoms with E-state index in [4.69, 9.17) is 4.43 Å². The molecule has 1 fully saturated rings. The first-order valence-corrected chi connectivity index (χ1v) is 11.2. The maximum absolute atomic E-state index is 9.89. The van der Waals surface area contributed by atoms with Gasteiger partial charge < -0.3 is 13.9 Å². The maximum Gasteiger partial charge on any atom is 0.192 e. The van der Waals surface area contributed by atoms with E-state index in [0.717, 1.165) is 19.6 Å². The SMILES string of the molecule is [BH3-][N@+]1(Cc2ccccc2)C[C@@H](CO)[C@@H](O[Si](C)(C)C(C)(C)C)C1. The van der Waals surface area contributed by atoms with Crippen molar-refractivity contribution in [3.05, 3.63) is 35.9 Å². The zero-order valence-electron chi connectivity index (χ0n) is 14.7. The number of rotatable bonds is 5. The summed E-state index contributed by atoms with van der Waals surface area (Å²) in [7, 11) is -1.65. The number of benzene rings is 1. The highest BCUT2D eigenvalue weighted by Gasteiger charge is 2.45. The van der Waals surface area contributed by atoms with Gasteiger partial charge in [0.1, 0.15) is 6.10 Å². The lowest BCUT2D eigenvalue weighted by Gasteiger charge is -2.41. The molecule has 0 saturated carbocycles. The van der Waals surface area contributed by atoms with Crippen molar-refractivity contribution in [1.82, 2.24) is 0 Å². The van der Waals surface area contributed by atoms with Crippen molar-refractivity contribution in [2.75, 3.05) is 19.7 Å². The van der Waals surface area contributed by atoms with Crippen LogP contribution in [0.4, 0.5) is 0 Å². The molecule has 1 aliphatic heterocycles. The highest BCUT2D eigenvalue weighted by atomic mass is 28.4. The molecule has 1 saturated heterocycles. The number of aliphatic hydroxyl groups excluding tert-OH is 1. The third-order valence-electron chi connectivity index (χ3n) is 5.19. The lowest BCUT2D eigenvalue weighted by atomic mass is 10.1. The Bertz CT molecular complexity index is 518. The molecular weight excluding hydrogens is 301 g/mol. The first-order chi connectivity index (χ1) is 10.6. The van der Waals surface area contributed by atoms with Gasteiger partial charge in [-0.3, -0.25) is 0 Å². The van der Waals surface area contributed by atoms with E-state index < -0.39 is 8.32 Å². The normalized spacial score (nSPS) is 29.0. The number of nitrogens with zero attached hydrogens (tertiary/aromatic N) is 1. The molecule has 1 aromatic carbocycles. The fourth-order valence-electron chi connectivity index (χ4n) is 2.76. The molecule has 3 atom stereocenters. The number of quaternary nitrogens is 1. The molecule has 1 aromatic rings. The van der Waals surface area contributed by atoms with Crippen molar-refractivity contribution >= 4 is 16.3 Å². The molecule has 0 bridgehead atoms. The van der Waals surface area contributed by atoms with Crippen LogP contribution in [-0.2, 0) is 11.0 Å². The number of aliphatic hydroxyl groups is 1. The van der Waals surface area contributed by atoms with E-state index in [1.54, 1.807) is 0 Å². The molecule has 1 N–H and O–H groups in total. The van der Waals surface area contributed by atoms with Gasteiger partial charge in [-0.05, 0) is 18.1 Å². The van der Waals surface area contributed by atoms with Crippen molar-refractivity contribution in [3.63, 3.8) is 0 Å². The summed E-state index contributed by atoms with van der Waals surface area (Å²) in [6, 6.07) is 10.8. The van der Waals surface area contributed by atoms with Gasteiger partial charge in [-0.2, -0.15) is 0 Å². The van der Waals surface area contributed by atoms with Crippen LogP contribution in [0.15, 0.2) is 30.3 Å². The molecule has 0 aromatic heterocycles. The summed E-state index contributed by atoms with van der Waals surface area (Å²) in [5, 5.41) is 10.1. The average Bonchev–Trinajstić information content (AvgIpc) is 2.73. The molecule has 0 aliphatic carbocycles. The van der Waals surface area contributed by atoms with Crippen LogP contribution >= 0.6 is 0 Å². The second-order valence-electron chi connectivity index (χ2n) is 8.04. The smallest absolute Gasteiger partial charge is 0.192 e.